The Morgan fingerprint density at radius 2 is 1.17 bits per heavy atom. The minimum atomic E-state index is -0.938. The molecule has 0 aliphatic rings. The van der Waals surface area contributed by atoms with Gasteiger partial charge in [0.1, 0.15) is 11.2 Å². The number of fused-ring (bicyclic) bond motifs is 4. The zero-order valence-corrected chi connectivity index (χ0v) is 27.6. The number of furan rings is 1. The molecule has 8 aromatic rings. The zero-order valence-electron chi connectivity index (χ0n) is 26.7. The highest BCUT2D eigenvalue weighted by Gasteiger charge is 2.26. The van der Waals surface area contributed by atoms with E-state index in [1.807, 2.05) is 0 Å². The van der Waals surface area contributed by atoms with E-state index in [-0.39, 0.29) is 0 Å². The van der Waals surface area contributed by atoms with E-state index in [9.17, 15) is 0 Å². The summed E-state index contributed by atoms with van der Waals surface area (Å²) in [5.41, 5.74) is 12.8. The molecule has 2 aromatic heterocycles. The van der Waals surface area contributed by atoms with Crippen LogP contribution in [0.2, 0.25) is 0 Å². The van der Waals surface area contributed by atoms with E-state index in [2.05, 4.69) is 161 Å². The maximum Gasteiger partial charge on any atom is 0.145 e. The Morgan fingerprint density at radius 1 is 0.543 bits per heavy atom. The summed E-state index contributed by atoms with van der Waals surface area (Å²) in [6.45, 7) is 9.32. The van der Waals surface area contributed by atoms with Gasteiger partial charge in [-0.3, -0.25) is 0 Å². The predicted octanol–water partition coefficient (Wildman–Crippen LogP) is 13.4. The van der Waals surface area contributed by atoms with Gasteiger partial charge in [0.25, 0.3) is 0 Å². The Morgan fingerprint density at radius 3 is 1.85 bits per heavy atom. The van der Waals surface area contributed by atoms with Crippen molar-refractivity contribution in [3.63, 3.8) is 0 Å². The van der Waals surface area contributed by atoms with Crippen molar-refractivity contribution >= 4 is 40.1 Å². The van der Waals surface area contributed by atoms with Crippen LogP contribution in [0, 0.1) is 0 Å². The molecule has 0 spiro atoms. The molecule has 224 valence electrons. The van der Waals surface area contributed by atoms with Crippen molar-refractivity contribution in [1.29, 1.82) is 0 Å². The quantitative estimate of drug-likeness (QED) is 0.186. The smallest absolute Gasteiger partial charge is 0.145 e. The molecule has 0 aliphatic heterocycles. The second-order valence-electron chi connectivity index (χ2n) is 12.8. The summed E-state index contributed by atoms with van der Waals surface area (Å²) in [5, 5.41) is 5.04. The summed E-state index contributed by atoms with van der Waals surface area (Å²) >= 11 is 0. The first-order chi connectivity index (χ1) is 22.5. The molecule has 1 atom stereocenters. The van der Waals surface area contributed by atoms with Gasteiger partial charge in [0.05, 0.1) is 10.9 Å². The van der Waals surface area contributed by atoms with E-state index >= 15 is 0 Å². The van der Waals surface area contributed by atoms with Crippen LogP contribution >= 0.6 is 7.53 Å². The average Bonchev–Trinajstić information content (AvgIpc) is 3.66. The van der Waals surface area contributed by atoms with E-state index in [4.69, 9.17) is 9.40 Å². The fourth-order valence-electron chi connectivity index (χ4n) is 6.83. The molecule has 46 heavy (non-hydrogen) atoms. The summed E-state index contributed by atoms with van der Waals surface area (Å²) in [6.07, 6.45) is 0. The predicted molar refractivity (Wildman–Crippen MR) is 198 cm³/mol. The van der Waals surface area contributed by atoms with Gasteiger partial charge in [-0.15, -0.1) is 0 Å². The highest BCUT2D eigenvalue weighted by atomic mass is 31.1. The molecule has 0 radical (unpaired) electrons. The highest BCUT2D eigenvalue weighted by molar-refractivity contribution is 7.65. The van der Waals surface area contributed by atoms with Crippen LogP contribution in [0.5, 0.6) is 0 Å². The van der Waals surface area contributed by atoms with Gasteiger partial charge in [-0.1, -0.05) is 126 Å². The molecule has 2 heterocycles. The van der Waals surface area contributed by atoms with Crippen LogP contribution in [0.3, 0.4) is 0 Å². The Balaban J connectivity index is 1.42. The van der Waals surface area contributed by atoms with Crippen molar-refractivity contribution < 1.29 is 4.42 Å². The summed E-state index contributed by atoms with van der Waals surface area (Å²) in [6, 6.07) is 48.1. The largest absolute Gasteiger partial charge is 0.455 e. The number of rotatable bonds is 6. The van der Waals surface area contributed by atoms with Crippen molar-refractivity contribution in [1.82, 2.24) is 4.98 Å². The van der Waals surface area contributed by atoms with Crippen molar-refractivity contribution in [3.05, 3.63) is 145 Å². The molecule has 0 saturated heterocycles. The minimum absolute atomic E-state index is 0.353. The maximum atomic E-state index is 6.80. The first kappa shape index (κ1) is 28.6. The van der Waals surface area contributed by atoms with Gasteiger partial charge in [-0.25, -0.2) is 4.98 Å². The van der Waals surface area contributed by atoms with E-state index < -0.39 is 7.53 Å². The molecule has 6 aromatic carbocycles. The fourth-order valence-corrected chi connectivity index (χ4v) is 9.89. The van der Waals surface area contributed by atoms with Gasteiger partial charge in [0.15, 0.2) is 0 Å². The Kier molecular flexibility index (Phi) is 7.12. The Bertz CT molecular complexity index is 2330. The summed E-state index contributed by atoms with van der Waals surface area (Å²) in [7, 11) is -0.938. The summed E-state index contributed by atoms with van der Waals surface area (Å²) in [4.78, 5) is 5.43. The second-order valence-corrected chi connectivity index (χ2v) is 14.8. The van der Waals surface area contributed by atoms with Gasteiger partial charge in [-0.2, -0.15) is 0 Å². The third-order valence-electron chi connectivity index (χ3n) is 9.15. The molecular formula is C43H36NOP. The monoisotopic (exact) mass is 613 g/mol. The molecule has 0 saturated carbocycles. The fraction of sp³-hybridized carbons (Fsp3) is 0.140. The number of nitrogens with zero attached hydrogens (tertiary/aromatic N) is 1. The number of benzene rings is 6. The van der Waals surface area contributed by atoms with Crippen LogP contribution in [0.1, 0.15) is 50.7 Å². The number of hydrogen-bond acceptors (Lipinski definition) is 2. The van der Waals surface area contributed by atoms with Crippen molar-refractivity contribution in [3.8, 4) is 38.5 Å². The van der Waals surface area contributed by atoms with E-state index in [1.54, 1.807) is 0 Å². The van der Waals surface area contributed by atoms with Gasteiger partial charge in [0, 0.05) is 26.8 Å². The van der Waals surface area contributed by atoms with E-state index in [0.29, 0.717) is 11.8 Å². The maximum absolute atomic E-state index is 6.80. The Hall–Kier alpha value is -4.91. The molecule has 1 unspecified atom stereocenters. The molecule has 0 bridgehead atoms. The van der Waals surface area contributed by atoms with Crippen molar-refractivity contribution in [2.45, 2.75) is 39.5 Å². The third kappa shape index (κ3) is 4.77. The van der Waals surface area contributed by atoms with Gasteiger partial charge in [-0.05, 0) is 87.7 Å². The molecule has 0 fully saturated rings. The molecule has 0 N–H and O–H groups in total. The average molecular weight is 614 g/mol. The van der Waals surface area contributed by atoms with Crippen molar-refractivity contribution in [2.75, 3.05) is 0 Å². The molecule has 3 heteroatoms. The lowest BCUT2D eigenvalue weighted by Gasteiger charge is -2.23. The molecule has 0 aliphatic carbocycles. The van der Waals surface area contributed by atoms with Crippen LogP contribution in [0.25, 0.3) is 71.1 Å². The molecule has 8 rings (SSSR count). The number of aromatic nitrogens is 1. The van der Waals surface area contributed by atoms with Crippen LogP contribution in [-0.2, 0) is 0 Å². The zero-order chi connectivity index (χ0) is 31.4. The first-order valence-corrected chi connectivity index (χ1v) is 17.5. The lowest BCUT2D eigenvalue weighted by atomic mass is 9.90. The molecule has 2 nitrogen and oxygen atoms in total. The van der Waals surface area contributed by atoms with E-state index in [0.717, 1.165) is 44.0 Å². The standard InChI is InChI=1S/C43H36NOP/c1-27(2)36-24-32(30-16-9-6-10-17-30)25-37(28(3)4)42(36)46-40-21-12-11-20-38(40)44-43(46)35-19-13-18-34-33-23-22-31(26-39(33)45-41(34)35)29-14-7-5-8-15-29/h5-28H,1-4H3. The highest BCUT2D eigenvalue weighted by Crippen LogP contribution is 2.59. The van der Waals surface area contributed by atoms with Crippen LogP contribution in [-0.4, -0.2) is 4.98 Å². The SMILES string of the molecule is CC(C)c1cc(-c2ccccc2)cc(C(C)C)c1-p1c(-c2cccc3c2oc2cc(-c4ccccc4)ccc23)nc2ccccc21. The topological polar surface area (TPSA) is 26.0 Å². The van der Waals surface area contributed by atoms with Gasteiger partial charge in [0.2, 0.25) is 0 Å². The minimum Gasteiger partial charge on any atom is -0.455 e. The van der Waals surface area contributed by atoms with Crippen molar-refractivity contribution in [2.24, 2.45) is 0 Å². The van der Waals surface area contributed by atoms with Crippen LogP contribution in [0.4, 0.5) is 0 Å². The Labute approximate surface area is 271 Å². The first-order valence-electron chi connectivity index (χ1n) is 16.2. The normalized spacial score (nSPS) is 12.3. The second kappa shape index (κ2) is 11.5. The molecule has 0 amide bonds. The number of hydrogen-bond donors (Lipinski definition) is 0. The van der Waals surface area contributed by atoms with Gasteiger partial charge < -0.3 is 4.42 Å². The van der Waals surface area contributed by atoms with Gasteiger partial charge >= 0.3 is 0 Å². The third-order valence-corrected chi connectivity index (χ3v) is 11.7. The number of para-hydroxylation sites is 2. The lowest BCUT2D eigenvalue weighted by molar-refractivity contribution is 0.670. The summed E-state index contributed by atoms with van der Waals surface area (Å²) in [5.74, 6) is 0.706. The lowest BCUT2D eigenvalue weighted by Crippen LogP contribution is -1.99. The van der Waals surface area contributed by atoms with Crippen LogP contribution in [0.15, 0.2) is 138 Å². The van der Waals surface area contributed by atoms with E-state index in [1.165, 1.54) is 38.2 Å². The summed E-state index contributed by atoms with van der Waals surface area (Å²) < 4.78 is 6.80. The van der Waals surface area contributed by atoms with Crippen LogP contribution < -0.4 is 0 Å². The molecular weight excluding hydrogens is 577 g/mol.